The molecule has 0 saturated carbocycles. The maximum absolute atomic E-state index is 13.0. The van der Waals surface area contributed by atoms with Crippen LogP contribution < -0.4 is 5.32 Å². The largest absolute Gasteiger partial charge is 0.336 e. The first-order chi connectivity index (χ1) is 13.1. The van der Waals surface area contributed by atoms with Crippen molar-refractivity contribution in [2.75, 3.05) is 18.4 Å². The number of aromatic amines is 1. The minimum Gasteiger partial charge on any atom is -0.336 e. The van der Waals surface area contributed by atoms with Crippen LogP contribution in [0.15, 0.2) is 42.6 Å². The molecule has 0 spiro atoms. The summed E-state index contributed by atoms with van der Waals surface area (Å²) in [5.74, 6) is 0.0821. The van der Waals surface area contributed by atoms with Gasteiger partial charge in [-0.1, -0.05) is 24.3 Å². The van der Waals surface area contributed by atoms with E-state index in [1.165, 1.54) is 0 Å². The number of nitrogens with one attached hydrogen (secondary N) is 2. The van der Waals surface area contributed by atoms with Gasteiger partial charge in [-0.2, -0.15) is 5.10 Å². The second-order valence-corrected chi connectivity index (χ2v) is 6.87. The van der Waals surface area contributed by atoms with Gasteiger partial charge in [-0.25, -0.2) is 4.98 Å². The predicted molar refractivity (Wildman–Crippen MR) is 102 cm³/mol. The molecule has 1 aliphatic heterocycles. The van der Waals surface area contributed by atoms with E-state index in [0.717, 1.165) is 29.3 Å². The summed E-state index contributed by atoms with van der Waals surface area (Å²) in [5.41, 5.74) is 2.16. The molecule has 27 heavy (non-hydrogen) atoms. The molecular weight excluding hydrogens is 342 g/mol. The van der Waals surface area contributed by atoms with Crippen LogP contribution in [0, 0.1) is 12.8 Å². The van der Waals surface area contributed by atoms with Gasteiger partial charge in [-0.3, -0.25) is 14.7 Å². The topological polar surface area (TPSA) is 91.0 Å². The number of carbonyl (C=O) groups is 2. The quantitative estimate of drug-likeness (QED) is 0.749. The first-order valence-electron chi connectivity index (χ1n) is 9.08. The van der Waals surface area contributed by atoms with Crippen LogP contribution in [-0.4, -0.2) is 45.0 Å². The van der Waals surface area contributed by atoms with Crippen LogP contribution in [0.2, 0.25) is 0 Å². The average Bonchev–Trinajstić information content (AvgIpc) is 3.13. The van der Waals surface area contributed by atoms with Crippen molar-refractivity contribution in [3.05, 3.63) is 53.9 Å². The van der Waals surface area contributed by atoms with Gasteiger partial charge in [-0.05, 0) is 37.5 Å². The maximum atomic E-state index is 13.0. The highest BCUT2D eigenvalue weighted by atomic mass is 16.2. The van der Waals surface area contributed by atoms with Gasteiger partial charge in [0.05, 0.1) is 11.4 Å². The van der Waals surface area contributed by atoms with Crippen LogP contribution in [0.5, 0.6) is 0 Å². The van der Waals surface area contributed by atoms with Crippen molar-refractivity contribution < 1.29 is 9.59 Å². The predicted octanol–water partition coefficient (Wildman–Crippen LogP) is 2.76. The lowest BCUT2D eigenvalue weighted by atomic mass is 9.96. The Kier molecular flexibility index (Phi) is 4.58. The summed E-state index contributed by atoms with van der Waals surface area (Å²) in [6.45, 7) is 2.92. The Hall–Kier alpha value is -3.22. The number of carbonyl (C=O) groups excluding carboxylic acids is 2. The summed E-state index contributed by atoms with van der Waals surface area (Å²) in [5, 5.41) is 10.8. The second kappa shape index (κ2) is 7.19. The van der Waals surface area contributed by atoms with Gasteiger partial charge in [0.1, 0.15) is 5.82 Å². The number of hydrogen-bond acceptors (Lipinski definition) is 4. The highest BCUT2D eigenvalue weighted by Gasteiger charge is 2.30. The van der Waals surface area contributed by atoms with Gasteiger partial charge < -0.3 is 10.2 Å². The molecule has 1 aromatic carbocycles. The van der Waals surface area contributed by atoms with Crippen molar-refractivity contribution in [1.29, 1.82) is 0 Å². The van der Waals surface area contributed by atoms with E-state index in [4.69, 9.17) is 0 Å². The fourth-order valence-corrected chi connectivity index (χ4v) is 3.49. The van der Waals surface area contributed by atoms with E-state index in [1.807, 2.05) is 43.3 Å². The average molecular weight is 363 g/mol. The number of rotatable bonds is 3. The van der Waals surface area contributed by atoms with E-state index in [0.29, 0.717) is 24.6 Å². The second-order valence-electron chi connectivity index (χ2n) is 6.87. The van der Waals surface area contributed by atoms with Gasteiger partial charge in [0, 0.05) is 24.7 Å². The minimum absolute atomic E-state index is 0.0961. The monoisotopic (exact) mass is 363 g/mol. The Labute approximate surface area is 156 Å². The Balaban J connectivity index is 1.48. The number of benzene rings is 1. The zero-order chi connectivity index (χ0) is 18.8. The zero-order valence-electron chi connectivity index (χ0n) is 15.1. The Morgan fingerprint density at radius 2 is 2.07 bits per heavy atom. The SMILES string of the molecule is Cc1cccnc1NC(=O)[C@@H]1CCCN(C(=O)c2n[nH]c3ccccc23)C1. The van der Waals surface area contributed by atoms with Crippen LogP contribution in [-0.2, 0) is 4.79 Å². The number of hydrogen-bond donors (Lipinski definition) is 2. The van der Waals surface area contributed by atoms with E-state index in [1.54, 1.807) is 11.1 Å². The number of nitrogens with zero attached hydrogens (tertiary/aromatic N) is 3. The molecule has 1 fully saturated rings. The third-order valence-electron chi connectivity index (χ3n) is 5.00. The molecule has 1 aliphatic rings. The molecule has 7 heteroatoms. The lowest BCUT2D eigenvalue weighted by Crippen LogP contribution is -2.44. The number of aromatic nitrogens is 3. The van der Waals surface area contributed by atoms with Crippen molar-refractivity contribution >= 4 is 28.5 Å². The summed E-state index contributed by atoms with van der Waals surface area (Å²) in [6.07, 6.45) is 3.19. The molecule has 7 nitrogen and oxygen atoms in total. The van der Waals surface area contributed by atoms with Crippen LogP contribution in [0.1, 0.15) is 28.9 Å². The Morgan fingerprint density at radius 3 is 2.93 bits per heavy atom. The summed E-state index contributed by atoms with van der Waals surface area (Å²) in [6, 6.07) is 11.3. The third-order valence-corrected chi connectivity index (χ3v) is 5.00. The molecule has 0 bridgehead atoms. The molecule has 0 unspecified atom stereocenters. The van der Waals surface area contributed by atoms with Crippen LogP contribution in [0.4, 0.5) is 5.82 Å². The maximum Gasteiger partial charge on any atom is 0.275 e. The van der Waals surface area contributed by atoms with Crippen molar-refractivity contribution in [1.82, 2.24) is 20.1 Å². The van der Waals surface area contributed by atoms with Crippen molar-refractivity contribution in [3.8, 4) is 0 Å². The van der Waals surface area contributed by atoms with Crippen LogP contribution >= 0.6 is 0 Å². The summed E-state index contributed by atoms with van der Waals surface area (Å²) in [7, 11) is 0. The fourth-order valence-electron chi connectivity index (χ4n) is 3.49. The fraction of sp³-hybridized carbons (Fsp3) is 0.300. The summed E-state index contributed by atoms with van der Waals surface area (Å²) < 4.78 is 0. The smallest absolute Gasteiger partial charge is 0.275 e. The number of aryl methyl sites for hydroxylation is 1. The number of amides is 2. The molecule has 0 radical (unpaired) electrons. The molecule has 4 rings (SSSR count). The van der Waals surface area contributed by atoms with Gasteiger partial charge in [0.15, 0.2) is 5.69 Å². The first-order valence-corrected chi connectivity index (χ1v) is 9.08. The molecule has 2 aromatic heterocycles. The molecule has 3 heterocycles. The molecule has 2 amide bonds. The summed E-state index contributed by atoms with van der Waals surface area (Å²) in [4.78, 5) is 31.6. The third kappa shape index (κ3) is 3.40. The van der Waals surface area contributed by atoms with Crippen molar-refractivity contribution in [3.63, 3.8) is 0 Å². The Morgan fingerprint density at radius 1 is 1.22 bits per heavy atom. The minimum atomic E-state index is -0.255. The number of piperidine rings is 1. The molecule has 3 aromatic rings. The van der Waals surface area contributed by atoms with E-state index >= 15 is 0 Å². The number of para-hydroxylation sites is 1. The van der Waals surface area contributed by atoms with Gasteiger partial charge in [0.25, 0.3) is 5.91 Å². The highest BCUT2D eigenvalue weighted by molar-refractivity contribution is 6.05. The standard InChI is InChI=1S/C20H21N5O2/c1-13-6-4-10-21-18(13)22-19(26)14-7-5-11-25(12-14)20(27)17-15-8-2-3-9-16(15)23-24-17/h2-4,6,8-10,14H,5,7,11-12H2,1H3,(H,23,24)(H,21,22,26)/t14-/m1/s1. The first kappa shape index (κ1) is 17.2. The molecule has 138 valence electrons. The number of H-pyrrole nitrogens is 1. The number of likely N-dealkylation sites (tertiary alicyclic amines) is 1. The number of pyridine rings is 1. The van der Waals surface area contributed by atoms with E-state index in [2.05, 4.69) is 20.5 Å². The van der Waals surface area contributed by atoms with Gasteiger partial charge >= 0.3 is 0 Å². The molecule has 1 saturated heterocycles. The van der Waals surface area contributed by atoms with Crippen molar-refractivity contribution in [2.45, 2.75) is 19.8 Å². The van der Waals surface area contributed by atoms with E-state index < -0.39 is 0 Å². The summed E-state index contributed by atoms with van der Waals surface area (Å²) >= 11 is 0. The molecule has 1 atom stereocenters. The van der Waals surface area contributed by atoms with Crippen LogP contribution in [0.3, 0.4) is 0 Å². The van der Waals surface area contributed by atoms with Crippen LogP contribution in [0.25, 0.3) is 10.9 Å². The highest BCUT2D eigenvalue weighted by Crippen LogP contribution is 2.23. The lowest BCUT2D eigenvalue weighted by Gasteiger charge is -2.31. The van der Waals surface area contributed by atoms with E-state index in [9.17, 15) is 9.59 Å². The normalized spacial score (nSPS) is 17.1. The van der Waals surface area contributed by atoms with Gasteiger partial charge in [-0.15, -0.1) is 0 Å². The Bertz CT molecular complexity index is 997. The van der Waals surface area contributed by atoms with Gasteiger partial charge in [0.2, 0.25) is 5.91 Å². The van der Waals surface area contributed by atoms with Crippen molar-refractivity contribution in [2.24, 2.45) is 5.92 Å². The molecular formula is C20H21N5O2. The molecule has 0 aliphatic carbocycles. The zero-order valence-corrected chi connectivity index (χ0v) is 15.1. The number of anilines is 1. The molecule has 2 N–H and O–H groups in total. The van der Waals surface area contributed by atoms with E-state index in [-0.39, 0.29) is 17.7 Å². The lowest BCUT2D eigenvalue weighted by molar-refractivity contribution is -0.121. The number of fused-ring (bicyclic) bond motifs is 1.